The van der Waals surface area contributed by atoms with Crippen molar-refractivity contribution in [3.63, 3.8) is 0 Å². The minimum Gasteiger partial charge on any atom is -0.298 e. The summed E-state index contributed by atoms with van der Waals surface area (Å²) in [4.78, 5) is 13.6. The molecule has 24 heavy (non-hydrogen) atoms. The Morgan fingerprint density at radius 2 is 1.29 bits per heavy atom. The van der Waals surface area contributed by atoms with Gasteiger partial charge in [-0.3, -0.25) is 4.79 Å². The van der Waals surface area contributed by atoms with Crippen LogP contribution in [0.25, 0.3) is 0 Å². The highest BCUT2D eigenvalue weighted by atomic mass is 16.1. The lowest BCUT2D eigenvalue weighted by Gasteiger charge is -2.39. The first kappa shape index (κ1) is 18.4. The van der Waals surface area contributed by atoms with Gasteiger partial charge in [0.05, 0.1) is 5.41 Å². The molecule has 0 aliphatic rings. The van der Waals surface area contributed by atoms with Gasteiger partial charge in [-0.25, -0.2) is 0 Å². The molecule has 2 unspecified atom stereocenters. The maximum atomic E-state index is 13.6. The Labute approximate surface area is 147 Å². The molecule has 1 heteroatoms. The summed E-state index contributed by atoms with van der Waals surface area (Å²) in [6.07, 6.45) is 2.63. The normalized spacial score (nSPS) is 14.2. The van der Waals surface area contributed by atoms with Gasteiger partial charge in [0.1, 0.15) is 5.78 Å². The molecule has 0 fully saturated rings. The highest BCUT2D eigenvalue weighted by molar-refractivity contribution is 5.94. The summed E-state index contributed by atoms with van der Waals surface area (Å²) in [5, 5.41) is 0. The molecule has 128 valence electrons. The van der Waals surface area contributed by atoms with Gasteiger partial charge in [-0.1, -0.05) is 101 Å². The fourth-order valence-corrected chi connectivity index (χ4v) is 3.66. The number of benzene rings is 2. The summed E-state index contributed by atoms with van der Waals surface area (Å²) < 4.78 is 0. The van der Waals surface area contributed by atoms with E-state index in [-0.39, 0.29) is 5.92 Å². The molecule has 1 nitrogen and oxygen atoms in total. The Kier molecular flexibility index (Phi) is 6.36. The van der Waals surface area contributed by atoms with Gasteiger partial charge in [0, 0.05) is 6.42 Å². The SMILES string of the molecule is CCC(C)CC(=O)C(c1ccccc1)(c1ccccc1)C(C)CC. The summed E-state index contributed by atoms with van der Waals surface area (Å²) in [6.45, 7) is 8.74. The van der Waals surface area contributed by atoms with E-state index >= 15 is 0 Å². The van der Waals surface area contributed by atoms with Crippen molar-refractivity contribution in [1.29, 1.82) is 0 Å². The molecule has 0 aliphatic carbocycles. The number of ketones is 1. The van der Waals surface area contributed by atoms with E-state index in [0.29, 0.717) is 18.1 Å². The minimum atomic E-state index is -0.555. The Hall–Kier alpha value is -1.89. The smallest absolute Gasteiger partial charge is 0.148 e. The van der Waals surface area contributed by atoms with E-state index in [4.69, 9.17) is 0 Å². The van der Waals surface area contributed by atoms with Crippen LogP contribution in [0.3, 0.4) is 0 Å². The number of carbonyl (C=O) groups excluding carboxylic acids is 1. The molecule has 0 aromatic heterocycles. The summed E-state index contributed by atoms with van der Waals surface area (Å²) in [7, 11) is 0. The second kappa shape index (κ2) is 8.28. The number of rotatable bonds is 8. The van der Waals surface area contributed by atoms with Crippen molar-refractivity contribution < 1.29 is 4.79 Å². The van der Waals surface area contributed by atoms with Crippen LogP contribution in [0.2, 0.25) is 0 Å². The quantitative estimate of drug-likeness (QED) is 0.580. The number of carbonyl (C=O) groups is 1. The number of hydrogen-bond donors (Lipinski definition) is 0. The molecule has 0 aliphatic heterocycles. The zero-order chi connectivity index (χ0) is 17.6. The van der Waals surface area contributed by atoms with Crippen LogP contribution in [0.5, 0.6) is 0 Å². The van der Waals surface area contributed by atoms with Crippen LogP contribution in [0.15, 0.2) is 60.7 Å². The maximum absolute atomic E-state index is 13.6. The third-order valence-corrected chi connectivity index (χ3v) is 5.48. The molecule has 0 bridgehead atoms. The van der Waals surface area contributed by atoms with E-state index in [9.17, 15) is 4.79 Å². The lowest BCUT2D eigenvalue weighted by molar-refractivity contribution is -0.125. The molecule has 0 N–H and O–H groups in total. The van der Waals surface area contributed by atoms with Gasteiger partial charge in [0.2, 0.25) is 0 Å². The van der Waals surface area contributed by atoms with Crippen molar-refractivity contribution in [2.75, 3.05) is 0 Å². The fourth-order valence-electron chi connectivity index (χ4n) is 3.66. The Morgan fingerprint density at radius 1 is 0.833 bits per heavy atom. The van der Waals surface area contributed by atoms with Gasteiger partial charge in [-0.15, -0.1) is 0 Å². The van der Waals surface area contributed by atoms with Crippen LogP contribution in [0.4, 0.5) is 0 Å². The number of Topliss-reactive ketones (excluding diaryl/α,β-unsaturated/α-hetero) is 1. The average molecular weight is 322 g/mol. The maximum Gasteiger partial charge on any atom is 0.148 e. The predicted octanol–water partition coefficient (Wildman–Crippen LogP) is 6.02. The fraction of sp³-hybridized carbons (Fsp3) is 0.435. The van der Waals surface area contributed by atoms with Crippen LogP contribution >= 0.6 is 0 Å². The monoisotopic (exact) mass is 322 g/mol. The van der Waals surface area contributed by atoms with E-state index in [1.54, 1.807) is 0 Å². The van der Waals surface area contributed by atoms with Crippen molar-refractivity contribution >= 4 is 5.78 Å². The molecule has 0 radical (unpaired) electrons. The van der Waals surface area contributed by atoms with E-state index in [1.807, 2.05) is 36.4 Å². The molecule has 0 heterocycles. The standard InChI is InChI=1S/C23H30O/c1-5-18(3)17-22(24)23(19(4)6-2,20-13-9-7-10-14-20)21-15-11-8-12-16-21/h7-16,18-19H,5-6,17H2,1-4H3. The molecule has 2 aromatic rings. The van der Waals surface area contributed by atoms with Crippen LogP contribution in [0, 0.1) is 11.8 Å². The second-order valence-corrected chi connectivity index (χ2v) is 6.99. The summed E-state index contributed by atoms with van der Waals surface area (Å²) in [6, 6.07) is 20.7. The molecule has 2 atom stereocenters. The van der Waals surface area contributed by atoms with Crippen LogP contribution in [-0.4, -0.2) is 5.78 Å². The first-order valence-electron chi connectivity index (χ1n) is 9.21. The van der Waals surface area contributed by atoms with Gasteiger partial charge < -0.3 is 0 Å². The second-order valence-electron chi connectivity index (χ2n) is 6.99. The Bertz CT molecular complexity index is 590. The predicted molar refractivity (Wildman–Crippen MR) is 102 cm³/mol. The third-order valence-electron chi connectivity index (χ3n) is 5.48. The molecule has 0 saturated carbocycles. The van der Waals surface area contributed by atoms with Crippen molar-refractivity contribution in [1.82, 2.24) is 0 Å². The number of hydrogen-bond acceptors (Lipinski definition) is 1. The van der Waals surface area contributed by atoms with Crippen molar-refractivity contribution in [3.8, 4) is 0 Å². The first-order chi connectivity index (χ1) is 11.6. The lowest BCUT2D eigenvalue weighted by Crippen LogP contribution is -2.43. The highest BCUT2D eigenvalue weighted by Gasteiger charge is 2.45. The van der Waals surface area contributed by atoms with Crippen LogP contribution in [0.1, 0.15) is 58.1 Å². The van der Waals surface area contributed by atoms with E-state index in [1.165, 1.54) is 0 Å². The van der Waals surface area contributed by atoms with E-state index in [2.05, 4.69) is 52.0 Å². The molecule has 0 saturated heterocycles. The van der Waals surface area contributed by atoms with Crippen molar-refractivity contribution in [3.05, 3.63) is 71.8 Å². The zero-order valence-electron chi connectivity index (χ0n) is 15.5. The van der Waals surface area contributed by atoms with Crippen molar-refractivity contribution in [2.24, 2.45) is 11.8 Å². The first-order valence-corrected chi connectivity index (χ1v) is 9.21. The van der Waals surface area contributed by atoms with Gasteiger partial charge >= 0.3 is 0 Å². The summed E-state index contributed by atoms with van der Waals surface area (Å²) in [5.41, 5.74) is 1.69. The van der Waals surface area contributed by atoms with E-state index in [0.717, 1.165) is 24.0 Å². The Balaban J connectivity index is 2.67. The highest BCUT2D eigenvalue weighted by Crippen LogP contribution is 2.43. The summed E-state index contributed by atoms with van der Waals surface area (Å²) >= 11 is 0. The lowest BCUT2D eigenvalue weighted by atomic mass is 9.61. The molecule has 0 amide bonds. The molecular weight excluding hydrogens is 292 g/mol. The van der Waals surface area contributed by atoms with Crippen LogP contribution < -0.4 is 0 Å². The van der Waals surface area contributed by atoms with Crippen LogP contribution in [-0.2, 0) is 10.2 Å². The van der Waals surface area contributed by atoms with Gasteiger partial charge in [0.15, 0.2) is 0 Å². The van der Waals surface area contributed by atoms with Crippen molar-refractivity contribution in [2.45, 2.75) is 52.4 Å². The zero-order valence-corrected chi connectivity index (χ0v) is 15.5. The topological polar surface area (TPSA) is 17.1 Å². The molecule has 0 spiro atoms. The van der Waals surface area contributed by atoms with Gasteiger partial charge in [0.25, 0.3) is 0 Å². The Morgan fingerprint density at radius 3 is 1.67 bits per heavy atom. The van der Waals surface area contributed by atoms with Gasteiger partial charge in [-0.05, 0) is 23.0 Å². The average Bonchev–Trinajstić information content (AvgIpc) is 2.63. The van der Waals surface area contributed by atoms with Gasteiger partial charge in [-0.2, -0.15) is 0 Å². The van der Waals surface area contributed by atoms with E-state index < -0.39 is 5.41 Å². The third kappa shape index (κ3) is 3.45. The largest absolute Gasteiger partial charge is 0.298 e. The summed E-state index contributed by atoms with van der Waals surface area (Å²) in [5.74, 6) is 1.01. The molecule has 2 rings (SSSR count). The minimum absolute atomic E-state index is 0.249. The molecule has 2 aromatic carbocycles. The molecular formula is C23H30O.